The third kappa shape index (κ3) is 13.0. The molecule has 0 radical (unpaired) electrons. The van der Waals surface area contributed by atoms with Crippen LogP contribution in [0.25, 0.3) is 23.3 Å². The first-order chi connectivity index (χ1) is 38.0. The van der Waals surface area contributed by atoms with Gasteiger partial charge >= 0.3 is 12.2 Å². The van der Waals surface area contributed by atoms with Crippen molar-refractivity contribution in [3.05, 3.63) is 165 Å². The van der Waals surface area contributed by atoms with E-state index in [1.54, 1.807) is 40.7 Å². The Bertz CT molecular complexity index is 3550. The van der Waals surface area contributed by atoms with Crippen LogP contribution < -0.4 is 10.0 Å². The molecule has 2 unspecified atom stereocenters. The van der Waals surface area contributed by atoms with E-state index in [1.807, 2.05) is 95.0 Å². The fraction of sp³-hybridized carbons (Fsp3) is 0.404. The van der Waals surface area contributed by atoms with Crippen molar-refractivity contribution >= 4 is 67.1 Å². The zero-order chi connectivity index (χ0) is 57.2. The summed E-state index contributed by atoms with van der Waals surface area (Å²) in [5.74, 6) is 0. The minimum absolute atomic E-state index is 0.149. The van der Waals surface area contributed by atoms with Crippen molar-refractivity contribution in [2.75, 3.05) is 64.9 Å². The number of piperazine rings is 2. The number of imidazole rings is 2. The second-order valence-electron chi connectivity index (χ2n) is 21.1. The third-order valence-corrected chi connectivity index (χ3v) is 16.8. The number of amides is 2. The number of aryl methyl sites for hydroxylation is 3. The van der Waals surface area contributed by atoms with E-state index in [1.165, 1.54) is 10.6 Å². The summed E-state index contributed by atoms with van der Waals surface area (Å²) in [4.78, 5) is 50.3. The quantitative estimate of drug-likeness (QED) is 0.122. The molecule has 2 saturated heterocycles. The number of alkyl carbamates (subject to hydrolysis) is 1. The summed E-state index contributed by atoms with van der Waals surface area (Å²) in [6.45, 7) is 13.7. The van der Waals surface area contributed by atoms with Gasteiger partial charge in [-0.05, 0) is 116 Å². The van der Waals surface area contributed by atoms with Crippen LogP contribution in [0.4, 0.5) is 9.59 Å². The van der Waals surface area contributed by atoms with E-state index in [0.717, 1.165) is 67.9 Å². The number of fused-ring (bicyclic) bond motifs is 4. The Morgan fingerprint density at radius 3 is 1.66 bits per heavy atom. The van der Waals surface area contributed by atoms with Crippen LogP contribution in [0.5, 0.6) is 0 Å². The van der Waals surface area contributed by atoms with E-state index in [2.05, 4.69) is 67.1 Å². The molecule has 2 amide bonds. The molecule has 0 bridgehead atoms. The van der Waals surface area contributed by atoms with Crippen molar-refractivity contribution in [3.8, 4) is 0 Å². The molecule has 0 saturated carbocycles. The highest BCUT2D eigenvalue weighted by atomic mass is 35.5. The van der Waals surface area contributed by atoms with Gasteiger partial charge in [0.2, 0.25) is 20.0 Å². The maximum absolute atomic E-state index is 13.0. The summed E-state index contributed by atoms with van der Waals surface area (Å²) < 4.78 is 68.3. The van der Waals surface area contributed by atoms with Crippen LogP contribution in [0.3, 0.4) is 0 Å². The monoisotopic (exact) mass is 1150 g/mol. The fourth-order valence-electron chi connectivity index (χ4n) is 10.9. The number of rotatable bonds is 12. The Morgan fingerprint density at radius 1 is 0.662 bits per heavy atom. The van der Waals surface area contributed by atoms with Gasteiger partial charge in [-0.15, -0.1) is 0 Å². The summed E-state index contributed by atoms with van der Waals surface area (Å²) in [7, 11) is -3.18. The number of pyridine rings is 2. The second-order valence-corrected chi connectivity index (χ2v) is 25.3. The Hall–Kier alpha value is -6.79. The number of hydrogen-bond acceptors (Lipinski definition) is 14. The number of hydrogen-bond donors (Lipinski definition) is 2. The number of nitrogens with zero attached hydrogens (tertiary/aromatic N) is 10. The van der Waals surface area contributed by atoms with Gasteiger partial charge in [-0.1, -0.05) is 53.6 Å². The van der Waals surface area contributed by atoms with Crippen molar-refractivity contribution in [1.29, 1.82) is 0 Å². The smallest absolute Gasteiger partial charge is 0.410 e. The number of carbonyl (C=O) groups excluding carboxylic acids is 2. The van der Waals surface area contributed by atoms with E-state index in [-0.39, 0.29) is 30.4 Å². The van der Waals surface area contributed by atoms with Gasteiger partial charge < -0.3 is 28.8 Å². The van der Waals surface area contributed by atoms with E-state index in [4.69, 9.17) is 31.0 Å². The van der Waals surface area contributed by atoms with Crippen LogP contribution in [0, 0.1) is 6.92 Å². The Balaban J connectivity index is 0.000000195. The molecule has 80 heavy (non-hydrogen) atoms. The SMILES string of the molecule is Cc1ccc2c(c1)C(C(NC(=O)OC(C)C)c1cncn1C)=Cc1cccnc1[C@H]2N1CCN(C(=O)OC(C)C)CC1.Cn1cncc1C(NS(C)(=O)=O)C1=Cc2cccnc2[C@@H](N2CCN(S(C)(=O)=O)CC2)c2ccc(Cl)cc21. The highest BCUT2D eigenvalue weighted by Gasteiger charge is 2.39. The van der Waals surface area contributed by atoms with Gasteiger partial charge in [0, 0.05) is 83.9 Å². The van der Waals surface area contributed by atoms with E-state index in [9.17, 15) is 26.4 Å². The predicted octanol–water partition coefficient (Wildman–Crippen LogP) is 7.39. The molecule has 0 spiro atoms. The normalized spacial score (nSPS) is 18.7. The molecular weight excluding hydrogens is 1080 g/mol. The number of halogens is 1. The van der Waals surface area contributed by atoms with Gasteiger partial charge in [0.05, 0.1) is 96.7 Å². The lowest BCUT2D eigenvalue weighted by atomic mass is 9.88. The Morgan fingerprint density at radius 2 is 1.16 bits per heavy atom. The van der Waals surface area contributed by atoms with Crippen LogP contribution in [-0.4, -0.2) is 154 Å². The van der Waals surface area contributed by atoms with E-state index < -0.39 is 38.2 Å². The fourth-order valence-corrected chi connectivity index (χ4v) is 12.6. The van der Waals surface area contributed by atoms with Crippen molar-refractivity contribution in [2.24, 2.45) is 14.1 Å². The molecule has 4 atom stereocenters. The predicted molar refractivity (Wildman–Crippen MR) is 308 cm³/mol. The zero-order valence-corrected chi connectivity index (χ0v) is 48.8. The highest BCUT2D eigenvalue weighted by molar-refractivity contribution is 7.88. The molecule has 6 aromatic rings. The standard InChI is InChI=1S/C32H40N6O4.C25H29ClN6O4S2/c1-20(2)41-31(39)35-29(27-18-33-19-36(27)6)26-17-23-8-7-11-34-28(23)30(24-10-9-22(5)16-25(24)26)37-12-14-38(15-13-37)32(40)42-21(3)4;1-30-16-27-15-22(30)24(29-37(2,33)34)21-13-17-5-4-8-28-23(17)25(19-7-6-18(26)14-20(19)21)31-9-11-32(12-10-31)38(3,35)36/h7-11,16-21,29-30H,12-15H2,1-6H3,(H,35,39);4-8,13-16,24-25,29H,9-12H2,1-3H3/t29?,30-;24?,25-/m00/s1. The Labute approximate surface area is 473 Å². The van der Waals surface area contributed by atoms with Gasteiger partial charge in [-0.2, -0.15) is 4.31 Å². The van der Waals surface area contributed by atoms with Gasteiger partial charge in [-0.3, -0.25) is 19.8 Å². The van der Waals surface area contributed by atoms with Crippen LogP contribution in [0.1, 0.15) is 114 Å². The number of nitrogens with one attached hydrogen (secondary N) is 2. The van der Waals surface area contributed by atoms with Gasteiger partial charge in [-0.25, -0.2) is 41.1 Å². The van der Waals surface area contributed by atoms with Crippen molar-refractivity contribution in [1.82, 2.24) is 58.1 Å². The lowest BCUT2D eigenvalue weighted by Crippen LogP contribution is -2.50. The molecule has 2 N–H and O–H groups in total. The second kappa shape index (κ2) is 24.1. The van der Waals surface area contributed by atoms with Gasteiger partial charge in [0.1, 0.15) is 0 Å². The largest absolute Gasteiger partial charge is 0.447 e. The average Bonchev–Trinajstić information content (AvgIpc) is 3.98. The maximum Gasteiger partial charge on any atom is 0.410 e. The number of sulfonamides is 2. The molecule has 4 aliphatic rings. The summed E-state index contributed by atoms with van der Waals surface area (Å²) in [6.07, 6.45) is 15.6. The summed E-state index contributed by atoms with van der Waals surface area (Å²) >= 11 is 6.52. The van der Waals surface area contributed by atoms with E-state index in [0.29, 0.717) is 68.6 Å². The number of aromatic nitrogens is 6. The summed E-state index contributed by atoms with van der Waals surface area (Å²) in [5.41, 5.74) is 11.6. The van der Waals surface area contributed by atoms with Crippen molar-refractivity contribution < 1.29 is 35.9 Å². The zero-order valence-electron chi connectivity index (χ0n) is 46.4. The van der Waals surface area contributed by atoms with Crippen molar-refractivity contribution in [2.45, 2.75) is 71.0 Å². The first-order valence-corrected chi connectivity index (χ1v) is 30.7. The lowest BCUT2D eigenvalue weighted by molar-refractivity contribution is 0.0513. The molecule has 2 fully saturated rings. The van der Waals surface area contributed by atoms with Crippen LogP contribution in [0.2, 0.25) is 5.02 Å². The number of benzene rings is 2. The molecule has 6 heterocycles. The lowest BCUT2D eigenvalue weighted by Gasteiger charge is -2.39. The van der Waals surface area contributed by atoms with Crippen molar-refractivity contribution in [3.63, 3.8) is 0 Å². The molecular formula is C57H69ClN12O8S2. The summed E-state index contributed by atoms with van der Waals surface area (Å²) in [6, 6.07) is 18.2. The van der Waals surface area contributed by atoms with Gasteiger partial charge in [0.25, 0.3) is 0 Å². The first-order valence-electron chi connectivity index (χ1n) is 26.5. The maximum atomic E-state index is 13.0. The molecule has 4 aromatic heterocycles. The topological polar surface area (TPSA) is 219 Å². The molecule has 424 valence electrons. The third-order valence-electron chi connectivity index (χ3n) is 14.6. The van der Waals surface area contributed by atoms with E-state index >= 15 is 0 Å². The highest BCUT2D eigenvalue weighted by Crippen LogP contribution is 2.46. The minimum atomic E-state index is -3.62. The molecule has 2 aliphatic heterocycles. The van der Waals surface area contributed by atoms with Crippen LogP contribution in [-0.2, 0) is 43.6 Å². The summed E-state index contributed by atoms with van der Waals surface area (Å²) in [5, 5.41) is 3.64. The number of carbonyl (C=O) groups is 2. The molecule has 23 heteroatoms. The molecule has 2 aromatic carbocycles. The molecule has 20 nitrogen and oxygen atoms in total. The van der Waals surface area contributed by atoms with Gasteiger partial charge in [0.15, 0.2) is 0 Å². The minimum Gasteiger partial charge on any atom is -0.447 e. The average molecular weight is 1150 g/mol. The van der Waals surface area contributed by atoms with Crippen LogP contribution in [0.15, 0.2) is 98.1 Å². The molecule has 2 aliphatic carbocycles. The molecule has 10 rings (SSSR count). The Kier molecular flexibility index (Phi) is 17.5. The number of ether oxygens (including phenoxy) is 2. The van der Waals surface area contributed by atoms with Crippen LogP contribution >= 0.6 is 11.6 Å². The first kappa shape index (κ1) is 57.9.